The molecule has 0 aliphatic carbocycles. The molecule has 3 aromatic carbocycles. The van der Waals surface area contributed by atoms with Gasteiger partial charge in [0.25, 0.3) is 10.0 Å². The van der Waals surface area contributed by atoms with Crippen LogP contribution >= 0.6 is 11.6 Å². The van der Waals surface area contributed by atoms with Crippen LogP contribution in [0.2, 0.25) is 5.02 Å². The van der Waals surface area contributed by atoms with Gasteiger partial charge >= 0.3 is 0 Å². The molecule has 146 valence electrons. The number of halogens is 1. The molecule has 0 aliphatic heterocycles. The fourth-order valence-corrected chi connectivity index (χ4v) is 4.41. The van der Waals surface area contributed by atoms with Crippen LogP contribution in [-0.2, 0) is 10.0 Å². The van der Waals surface area contributed by atoms with E-state index in [-0.39, 0.29) is 10.6 Å². The van der Waals surface area contributed by atoms with Crippen LogP contribution in [0.1, 0.15) is 5.56 Å². The van der Waals surface area contributed by atoms with E-state index >= 15 is 0 Å². The summed E-state index contributed by atoms with van der Waals surface area (Å²) in [4.78, 5) is 0.0644. The highest BCUT2D eigenvalue weighted by atomic mass is 35.5. The number of hydrogen-bond donors (Lipinski definition) is 3. The topological polar surface area (TPSA) is 107 Å². The lowest BCUT2D eigenvalue weighted by atomic mass is 10.1. The second-order valence-electron chi connectivity index (χ2n) is 6.28. The fraction of sp³-hybridized carbons (Fsp3) is 0.100. The quantitative estimate of drug-likeness (QED) is 0.537. The van der Waals surface area contributed by atoms with Gasteiger partial charge in [0.15, 0.2) is 0 Å². The highest BCUT2D eigenvalue weighted by molar-refractivity contribution is 7.92. The molecule has 0 aromatic heterocycles. The van der Waals surface area contributed by atoms with Gasteiger partial charge in [0.1, 0.15) is 5.75 Å². The molecule has 6 nitrogen and oxygen atoms in total. The summed E-state index contributed by atoms with van der Waals surface area (Å²) >= 11 is 6.39. The maximum atomic E-state index is 12.8. The van der Waals surface area contributed by atoms with Crippen molar-refractivity contribution >= 4 is 38.7 Å². The number of benzene rings is 3. The number of methoxy groups -OCH3 is 1. The van der Waals surface area contributed by atoms with Crippen LogP contribution in [0.15, 0.2) is 59.5 Å². The van der Waals surface area contributed by atoms with E-state index in [1.807, 2.05) is 24.3 Å². The minimum Gasteiger partial charge on any atom is -0.497 e. The first kappa shape index (κ1) is 19.9. The Morgan fingerprint density at radius 3 is 2.21 bits per heavy atom. The number of hydrogen-bond acceptors (Lipinski definition) is 5. The van der Waals surface area contributed by atoms with Gasteiger partial charge in [-0.1, -0.05) is 29.8 Å². The zero-order chi connectivity index (χ0) is 20.5. The molecule has 5 N–H and O–H groups in total. The summed E-state index contributed by atoms with van der Waals surface area (Å²) in [5.41, 5.74) is 14.5. The van der Waals surface area contributed by atoms with E-state index in [4.69, 9.17) is 27.8 Å². The van der Waals surface area contributed by atoms with Crippen molar-refractivity contribution in [1.29, 1.82) is 0 Å². The van der Waals surface area contributed by atoms with Gasteiger partial charge in [-0.15, -0.1) is 0 Å². The summed E-state index contributed by atoms with van der Waals surface area (Å²) in [6.45, 7) is 1.66. The summed E-state index contributed by atoms with van der Waals surface area (Å²) in [7, 11) is -2.25. The third-order valence-electron chi connectivity index (χ3n) is 4.29. The summed E-state index contributed by atoms with van der Waals surface area (Å²) in [5, 5.41) is 0.416. The van der Waals surface area contributed by atoms with E-state index in [0.29, 0.717) is 22.0 Å². The predicted molar refractivity (Wildman–Crippen MR) is 114 cm³/mol. The summed E-state index contributed by atoms with van der Waals surface area (Å²) < 4.78 is 33.2. The molecule has 0 fully saturated rings. The van der Waals surface area contributed by atoms with Crippen molar-refractivity contribution in [1.82, 2.24) is 0 Å². The van der Waals surface area contributed by atoms with Crippen LogP contribution in [0.25, 0.3) is 11.1 Å². The van der Waals surface area contributed by atoms with Gasteiger partial charge in [0, 0.05) is 5.56 Å². The Balaban J connectivity index is 1.91. The Morgan fingerprint density at radius 1 is 0.964 bits per heavy atom. The highest BCUT2D eigenvalue weighted by Gasteiger charge is 2.19. The third-order valence-corrected chi connectivity index (χ3v) is 6.13. The van der Waals surface area contributed by atoms with E-state index in [0.717, 1.165) is 16.9 Å². The van der Waals surface area contributed by atoms with Gasteiger partial charge in [-0.3, -0.25) is 4.72 Å². The van der Waals surface area contributed by atoms with Crippen LogP contribution in [-0.4, -0.2) is 15.5 Å². The lowest BCUT2D eigenvalue weighted by molar-refractivity contribution is 0.415. The van der Waals surface area contributed by atoms with Crippen LogP contribution in [0, 0.1) is 6.92 Å². The number of anilines is 3. The van der Waals surface area contributed by atoms with Gasteiger partial charge in [0.05, 0.1) is 34.1 Å². The van der Waals surface area contributed by atoms with Crippen molar-refractivity contribution in [3.05, 3.63) is 65.2 Å². The van der Waals surface area contributed by atoms with Gasteiger partial charge in [-0.05, 0) is 54.4 Å². The number of nitrogens with one attached hydrogen (secondary N) is 1. The zero-order valence-electron chi connectivity index (χ0n) is 15.4. The maximum absolute atomic E-state index is 12.8. The Morgan fingerprint density at radius 2 is 1.61 bits per heavy atom. The number of nitrogen functional groups attached to an aromatic ring is 2. The lowest BCUT2D eigenvalue weighted by Gasteiger charge is -2.13. The van der Waals surface area contributed by atoms with Crippen molar-refractivity contribution in [3.63, 3.8) is 0 Å². The first-order valence-electron chi connectivity index (χ1n) is 8.33. The van der Waals surface area contributed by atoms with Crippen molar-refractivity contribution in [3.8, 4) is 16.9 Å². The predicted octanol–water partition coefficient (Wildman–Crippen LogP) is 4.29. The first-order valence-corrected chi connectivity index (χ1v) is 10.2. The summed E-state index contributed by atoms with van der Waals surface area (Å²) in [5.74, 6) is 0.738. The third kappa shape index (κ3) is 4.00. The summed E-state index contributed by atoms with van der Waals surface area (Å²) in [6.07, 6.45) is 0. The van der Waals surface area contributed by atoms with Crippen LogP contribution in [0.5, 0.6) is 5.75 Å². The smallest absolute Gasteiger partial charge is 0.262 e. The molecule has 0 saturated carbocycles. The standard InChI is InChI=1S/C20H20ClN3O3S/c1-12-9-18(22)19(23)11-20(12)28(25,26)24-14-5-8-16(17(21)10-14)13-3-6-15(27-2)7-4-13/h3-11,24H,22-23H2,1-2H3. The second-order valence-corrected chi connectivity index (χ2v) is 8.33. The Labute approximate surface area is 169 Å². The van der Waals surface area contributed by atoms with Crippen LogP contribution < -0.4 is 20.9 Å². The number of sulfonamides is 1. The maximum Gasteiger partial charge on any atom is 0.262 e. The molecule has 0 radical (unpaired) electrons. The van der Waals surface area contributed by atoms with Crippen molar-refractivity contribution in [2.75, 3.05) is 23.3 Å². The number of rotatable bonds is 5. The molecule has 0 amide bonds. The average Bonchev–Trinajstić information content (AvgIpc) is 2.64. The molecular weight excluding hydrogens is 398 g/mol. The normalized spacial score (nSPS) is 11.2. The van der Waals surface area contributed by atoms with Crippen molar-refractivity contribution in [2.24, 2.45) is 0 Å². The zero-order valence-corrected chi connectivity index (χ0v) is 16.9. The molecule has 0 unspecified atom stereocenters. The van der Waals surface area contributed by atoms with Crippen LogP contribution in [0.3, 0.4) is 0 Å². The molecule has 0 bridgehead atoms. The van der Waals surface area contributed by atoms with Gasteiger partial charge in [-0.25, -0.2) is 8.42 Å². The Hall–Kier alpha value is -2.90. The van der Waals surface area contributed by atoms with Gasteiger partial charge < -0.3 is 16.2 Å². The highest BCUT2D eigenvalue weighted by Crippen LogP contribution is 2.33. The number of nitrogens with two attached hydrogens (primary N) is 2. The SMILES string of the molecule is COc1ccc(-c2ccc(NS(=O)(=O)c3cc(N)c(N)cc3C)cc2Cl)cc1. The Bertz CT molecular complexity index is 1130. The molecule has 3 aromatic rings. The van der Waals surface area contributed by atoms with Crippen LogP contribution in [0.4, 0.5) is 17.1 Å². The molecule has 0 spiro atoms. The van der Waals surface area contributed by atoms with E-state index in [2.05, 4.69) is 4.72 Å². The molecule has 0 saturated heterocycles. The van der Waals surface area contributed by atoms with E-state index in [9.17, 15) is 8.42 Å². The molecule has 0 aliphatic rings. The monoisotopic (exact) mass is 417 g/mol. The molecular formula is C20H20ClN3O3S. The largest absolute Gasteiger partial charge is 0.497 e. The minimum atomic E-state index is -3.85. The van der Waals surface area contributed by atoms with Gasteiger partial charge in [0.2, 0.25) is 0 Å². The molecule has 0 atom stereocenters. The minimum absolute atomic E-state index is 0.0644. The molecule has 3 rings (SSSR count). The van der Waals surface area contributed by atoms with Gasteiger partial charge in [-0.2, -0.15) is 0 Å². The van der Waals surface area contributed by atoms with E-state index in [1.54, 1.807) is 32.2 Å². The average molecular weight is 418 g/mol. The van der Waals surface area contributed by atoms with Crippen molar-refractivity contribution < 1.29 is 13.2 Å². The fourth-order valence-electron chi connectivity index (χ4n) is 2.81. The van der Waals surface area contributed by atoms with Crippen molar-refractivity contribution in [2.45, 2.75) is 11.8 Å². The lowest BCUT2D eigenvalue weighted by Crippen LogP contribution is -2.15. The molecule has 8 heteroatoms. The number of aryl methyl sites for hydroxylation is 1. The Kier molecular flexibility index (Phi) is 5.40. The molecule has 28 heavy (non-hydrogen) atoms. The van der Waals surface area contributed by atoms with E-state index in [1.165, 1.54) is 12.1 Å². The number of ether oxygens (including phenoxy) is 1. The van der Waals surface area contributed by atoms with E-state index < -0.39 is 10.0 Å². The summed E-state index contributed by atoms with van der Waals surface area (Å²) in [6, 6.07) is 15.3. The second kappa shape index (κ2) is 7.61. The molecule has 0 heterocycles. The first-order chi connectivity index (χ1) is 13.2.